The molecule has 1 aliphatic carbocycles. The molecule has 1 atom stereocenters. The van der Waals surface area contributed by atoms with Gasteiger partial charge >= 0.3 is 0 Å². The first-order valence-electron chi connectivity index (χ1n) is 13.4. The zero-order valence-electron chi connectivity index (χ0n) is 22.6. The maximum absolute atomic E-state index is 14.1. The monoisotopic (exact) mass is 547 g/mol. The SMILES string of the molecule is Cc1cccc(N(CC(=O)N(Cc2ccccc2)[C@@H](Cc2ccccc2)C(=O)NC2CCCC2)S(C)(=O)=O)c1. The highest BCUT2D eigenvalue weighted by Gasteiger charge is 2.34. The van der Waals surface area contributed by atoms with E-state index in [1.165, 1.54) is 0 Å². The van der Waals surface area contributed by atoms with Crippen LogP contribution in [0.2, 0.25) is 0 Å². The standard InChI is InChI=1S/C31H37N3O4S/c1-24-12-11-19-28(20-24)34(39(2,37)38)23-30(35)33(22-26-15-7-4-8-16-26)29(21-25-13-5-3-6-14-25)31(36)32-27-17-9-10-18-27/h3-8,11-16,19-20,27,29H,9-10,17-18,21-23H2,1-2H3,(H,32,36)/t29-/m0/s1. The van der Waals surface area contributed by atoms with Crippen LogP contribution in [-0.4, -0.2) is 50.0 Å². The van der Waals surface area contributed by atoms with Gasteiger partial charge in [0.1, 0.15) is 12.6 Å². The van der Waals surface area contributed by atoms with Crippen LogP contribution in [-0.2, 0) is 32.6 Å². The first-order chi connectivity index (χ1) is 18.7. The highest BCUT2D eigenvalue weighted by Crippen LogP contribution is 2.22. The fraction of sp³-hybridized carbons (Fsp3) is 0.355. The molecule has 2 amide bonds. The number of sulfonamides is 1. The molecule has 0 radical (unpaired) electrons. The maximum Gasteiger partial charge on any atom is 0.244 e. The van der Waals surface area contributed by atoms with Crippen molar-refractivity contribution in [3.63, 3.8) is 0 Å². The third-order valence-electron chi connectivity index (χ3n) is 7.14. The molecule has 1 saturated carbocycles. The number of amides is 2. The summed E-state index contributed by atoms with van der Waals surface area (Å²) in [5, 5.41) is 3.18. The maximum atomic E-state index is 14.1. The minimum absolute atomic E-state index is 0.0873. The molecule has 39 heavy (non-hydrogen) atoms. The van der Waals surface area contributed by atoms with Gasteiger partial charge in [0, 0.05) is 19.0 Å². The van der Waals surface area contributed by atoms with Gasteiger partial charge in [-0.15, -0.1) is 0 Å². The lowest BCUT2D eigenvalue weighted by Gasteiger charge is -2.34. The van der Waals surface area contributed by atoms with Crippen molar-refractivity contribution in [1.29, 1.82) is 0 Å². The van der Waals surface area contributed by atoms with Crippen molar-refractivity contribution in [3.8, 4) is 0 Å². The first kappa shape index (κ1) is 28.4. The van der Waals surface area contributed by atoms with Gasteiger partial charge in [-0.1, -0.05) is 85.6 Å². The van der Waals surface area contributed by atoms with E-state index >= 15 is 0 Å². The van der Waals surface area contributed by atoms with Gasteiger partial charge in [0.15, 0.2) is 0 Å². The molecule has 3 aromatic rings. The van der Waals surface area contributed by atoms with E-state index in [-0.39, 0.29) is 18.5 Å². The van der Waals surface area contributed by atoms with E-state index in [1.54, 1.807) is 23.1 Å². The van der Waals surface area contributed by atoms with Gasteiger partial charge < -0.3 is 10.2 Å². The molecule has 3 aromatic carbocycles. The van der Waals surface area contributed by atoms with Crippen molar-refractivity contribution in [2.45, 2.75) is 57.7 Å². The summed E-state index contributed by atoms with van der Waals surface area (Å²) >= 11 is 0. The van der Waals surface area contributed by atoms with Crippen molar-refractivity contribution < 1.29 is 18.0 Å². The number of nitrogens with zero attached hydrogens (tertiary/aromatic N) is 2. The Morgan fingerprint density at radius 1 is 0.897 bits per heavy atom. The molecular formula is C31H37N3O4S. The Labute approximate surface area is 231 Å². The predicted molar refractivity (Wildman–Crippen MR) is 155 cm³/mol. The Hall–Kier alpha value is -3.65. The Balaban J connectivity index is 1.70. The third kappa shape index (κ3) is 7.93. The predicted octanol–water partition coefficient (Wildman–Crippen LogP) is 4.46. The number of benzene rings is 3. The van der Waals surface area contributed by atoms with Gasteiger partial charge in [-0.2, -0.15) is 0 Å². The summed E-state index contributed by atoms with van der Waals surface area (Å²) in [4.78, 5) is 29.4. The summed E-state index contributed by atoms with van der Waals surface area (Å²) < 4.78 is 26.8. The van der Waals surface area contributed by atoms with Crippen molar-refractivity contribution in [2.75, 3.05) is 17.1 Å². The largest absolute Gasteiger partial charge is 0.352 e. The Bertz CT molecular complexity index is 1360. The molecule has 8 heteroatoms. The summed E-state index contributed by atoms with van der Waals surface area (Å²) in [5.41, 5.74) is 3.08. The topological polar surface area (TPSA) is 86.8 Å². The van der Waals surface area contributed by atoms with E-state index in [2.05, 4.69) is 5.32 Å². The summed E-state index contributed by atoms with van der Waals surface area (Å²) in [5.74, 6) is -0.648. The number of nitrogens with one attached hydrogen (secondary N) is 1. The van der Waals surface area contributed by atoms with Crippen LogP contribution in [0.25, 0.3) is 0 Å². The molecule has 1 aliphatic rings. The van der Waals surface area contributed by atoms with Crippen LogP contribution in [0.1, 0.15) is 42.4 Å². The number of carbonyl (C=O) groups excluding carboxylic acids is 2. The molecule has 0 bridgehead atoms. The average molecular weight is 548 g/mol. The van der Waals surface area contributed by atoms with Crippen molar-refractivity contribution in [1.82, 2.24) is 10.2 Å². The quantitative estimate of drug-likeness (QED) is 0.384. The van der Waals surface area contributed by atoms with Crippen molar-refractivity contribution in [3.05, 3.63) is 102 Å². The van der Waals surface area contributed by atoms with E-state index in [1.807, 2.05) is 73.7 Å². The molecule has 0 unspecified atom stereocenters. The lowest BCUT2D eigenvalue weighted by molar-refractivity contribution is -0.140. The molecule has 0 heterocycles. The Morgan fingerprint density at radius 3 is 2.10 bits per heavy atom. The molecule has 1 fully saturated rings. The van der Waals surface area contributed by atoms with Crippen molar-refractivity contribution >= 4 is 27.5 Å². The second kappa shape index (κ2) is 12.9. The van der Waals surface area contributed by atoms with Crippen LogP contribution in [0.4, 0.5) is 5.69 Å². The number of hydrogen-bond acceptors (Lipinski definition) is 4. The zero-order chi connectivity index (χ0) is 27.8. The average Bonchev–Trinajstić information content (AvgIpc) is 3.42. The van der Waals surface area contributed by atoms with Gasteiger partial charge in [0.25, 0.3) is 0 Å². The molecule has 0 spiro atoms. The minimum atomic E-state index is -3.77. The Kier molecular flexibility index (Phi) is 9.41. The molecule has 1 N–H and O–H groups in total. The number of carbonyl (C=O) groups is 2. The molecular weight excluding hydrogens is 510 g/mol. The third-order valence-corrected chi connectivity index (χ3v) is 8.28. The van der Waals surface area contributed by atoms with E-state index in [4.69, 9.17) is 0 Å². The highest BCUT2D eigenvalue weighted by atomic mass is 32.2. The number of aryl methyl sites for hydroxylation is 1. The second-order valence-corrected chi connectivity index (χ2v) is 12.2. The molecule has 0 saturated heterocycles. The second-order valence-electron chi connectivity index (χ2n) is 10.3. The van der Waals surface area contributed by atoms with E-state index < -0.39 is 28.5 Å². The number of rotatable bonds is 11. The van der Waals surface area contributed by atoms with E-state index in [0.717, 1.165) is 52.9 Å². The zero-order valence-corrected chi connectivity index (χ0v) is 23.4. The molecule has 0 aromatic heterocycles. The summed E-state index contributed by atoms with van der Waals surface area (Å²) in [6.45, 7) is 1.65. The van der Waals surface area contributed by atoms with Crippen LogP contribution in [0.5, 0.6) is 0 Å². The normalized spacial score (nSPS) is 14.5. The van der Waals surface area contributed by atoms with Crippen LogP contribution in [0, 0.1) is 6.92 Å². The molecule has 4 rings (SSSR count). The van der Waals surface area contributed by atoms with Gasteiger partial charge in [0.2, 0.25) is 21.8 Å². The fourth-order valence-corrected chi connectivity index (χ4v) is 5.94. The molecule has 206 valence electrons. The van der Waals surface area contributed by atoms with Crippen LogP contribution in [0.15, 0.2) is 84.9 Å². The van der Waals surface area contributed by atoms with Crippen molar-refractivity contribution in [2.24, 2.45) is 0 Å². The smallest absolute Gasteiger partial charge is 0.244 e. The summed E-state index contributed by atoms with van der Waals surface area (Å²) in [7, 11) is -3.77. The van der Waals surface area contributed by atoms with Gasteiger partial charge in [-0.3, -0.25) is 13.9 Å². The lowest BCUT2D eigenvalue weighted by Crippen LogP contribution is -2.54. The number of anilines is 1. The highest BCUT2D eigenvalue weighted by molar-refractivity contribution is 7.92. The Morgan fingerprint density at radius 2 is 1.51 bits per heavy atom. The lowest BCUT2D eigenvalue weighted by atomic mass is 10.0. The summed E-state index contributed by atoms with van der Waals surface area (Å²) in [6.07, 6.45) is 5.40. The minimum Gasteiger partial charge on any atom is -0.352 e. The van der Waals surface area contributed by atoms with Crippen LogP contribution < -0.4 is 9.62 Å². The van der Waals surface area contributed by atoms with Gasteiger partial charge in [-0.25, -0.2) is 8.42 Å². The summed E-state index contributed by atoms with van der Waals surface area (Å²) in [6, 6.07) is 25.4. The van der Waals surface area contributed by atoms with E-state index in [0.29, 0.717) is 12.1 Å². The molecule has 7 nitrogen and oxygen atoms in total. The van der Waals surface area contributed by atoms with Gasteiger partial charge in [-0.05, 0) is 48.6 Å². The van der Waals surface area contributed by atoms with E-state index in [9.17, 15) is 18.0 Å². The van der Waals surface area contributed by atoms with Crippen LogP contribution in [0.3, 0.4) is 0 Å². The van der Waals surface area contributed by atoms with Crippen LogP contribution >= 0.6 is 0 Å². The number of hydrogen-bond donors (Lipinski definition) is 1. The fourth-order valence-electron chi connectivity index (χ4n) is 5.10. The van der Waals surface area contributed by atoms with Gasteiger partial charge in [0.05, 0.1) is 11.9 Å². The molecule has 0 aliphatic heterocycles. The first-order valence-corrected chi connectivity index (χ1v) is 15.3.